The van der Waals surface area contributed by atoms with Crippen LogP contribution in [0.15, 0.2) is 4.99 Å². The first-order valence-corrected chi connectivity index (χ1v) is 11.5. The van der Waals surface area contributed by atoms with Gasteiger partial charge in [-0.15, -0.1) is 0 Å². The number of morpholine rings is 1. The topological polar surface area (TPSA) is 58.1 Å². The molecule has 7 heteroatoms. The van der Waals surface area contributed by atoms with E-state index < -0.39 is 0 Å². The van der Waals surface area contributed by atoms with Crippen molar-refractivity contribution < 1.29 is 9.47 Å². The first kappa shape index (κ1) is 20.2. The average Bonchev–Trinajstić information content (AvgIpc) is 3.38. The van der Waals surface area contributed by atoms with Gasteiger partial charge in [0.15, 0.2) is 5.96 Å². The van der Waals surface area contributed by atoms with Crippen LogP contribution in [-0.2, 0) is 9.47 Å². The first-order chi connectivity index (χ1) is 12.8. The molecule has 2 heterocycles. The van der Waals surface area contributed by atoms with Crippen molar-refractivity contribution in [2.75, 3.05) is 70.7 Å². The Morgan fingerprint density at radius 1 is 1.31 bits per heavy atom. The summed E-state index contributed by atoms with van der Waals surface area (Å²) in [5.41, 5.74) is 0.212. The van der Waals surface area contributed by atoms with E-state index in [4.69, 9.17) is 14.5 Å². The fraction of sp³-hybridized carbons (Fsp3) is 0.947. The normalized spacial score (nSPS) is 27.7. The van der Waals surface area contributed by atoms with Gasteiger partial charge in [0.25, 0.3) is 0 Å². The van der Waals surface area contributed by atoms with E-state index in [1.54, 1.807) is 0 Å². The van der Waals surface area contributed by atoms with Gasteiger partial charge in [0.1, 0.15) is 0 Å². The lowest BCUT2D eigenvalue weighted by Crippen LogP contribution is -2.56. The summed E-state index contributed by atoms with van der Waals surface area (Å²) >= 11 is 2.06. The van der Waals surface area contributed by atoms with Gasteiger partial charge in [-0.2, -0.15) is 11.8 Å². The smallest absolute Gasteiger partial charge is 0.191 e. The molecule has 0 spiro atoms. The Bertz CT molecular complexity index is 433. The van der Waals surface area contributed by atoms with Gasteiger partial charge in [-0.05, 0) is 44.3 Å². The van der Waals surface area contributed by atoms with Crippen molar-refractivity contribution in [1.29, 1.82) is 0 Å². The Hall–Kier alpha value is -0.500. The molecule has 0 aromatic rings. The lowest BCUT2D eigenvalue weighted by molar-refractivity contribution is -0.0104. The van der Waals surface area contributed by atoms with Crippen LogP contribution in [0.2, 0.25) is 0 Å². The largest absolute Gasteiger partial charge is 0.381 e. The highest BCUT2D eigenvalue weighted by atomic mass is 32.2. The molecule has 0 radical (unpaired) electrons. The third-order valence-electron chi connectivity index (χ3n) is 5.45. The lowest BCUT2D eigenvalue weighted by Gasteiger charge is -2.42. The molecule has 3 fully saturated rings. The highest BCUT2D eigenvalue weighted by Crippen LogP contribution is 2.34. The van der Waals surface area contributed by atoms with Gasteiger partial charge in [-0.25, -0.2) is 0 Å². The molecule has 1 unspecified atom stereocenters. The molecule has 2 saturated heterocycles. The van der Waals surface area contributed by atoms with E-state index in [0.717, 1.165) is 77.4 Å². The fourth-order valence-corrected chi connectivity index (χ4v) is 5.06. The van der Waals surface area contributed by atoms with E-state index in [2.05, 4.69) is 34.2 Å². The minimum absolute atomic E-state index is 0.212. The molecular formula is C19H36N4O2S. The van der Waals surface area contributed by atoms with Gasteiger partial charge in [0, 0.05) is 45.1 Å². The molecular weight excluding hydrogens is 348 g/mol. The van der Waals surface area contributed by atoms with Crippen LogP contribution in [0.25, 0.3) is 0 Å². The molecule has 0 amide bonds. The number of nitrogens with one attached hydrogen (secondary N) is 2. The van der Waals surface area contributed by atoms with E-state index in [1.165, 1.54) is 30.8 Å². The van der Waals surface area contributed by atoms with Crippen molar-refractivity contribution >= 4 is 17.7 Å². The third-order valence-corrected chi connectivity index (χ3v) is 6.68. The molecule has 6 nitrogen and oxygen atoms in total. The van der Waals surface area contributed by atoms with Gasteiger partial charge < -0.3 is 20.1 Å². The number of guanidine groups is 1. The monoisotopic (exact) mass is 384 g/mol. The Kier molecular flexibility index (Phi) is 8.36. The zero-order valence-electron chi connectivity index (χ0n) is 16.3. The maximum absolute atomic E-state index is 5.71. The van der Waals surface area contributed by atoms with E-state index in [0.29, 0.717) is 0 Å². The average molecular weight is 385 g/mol. The third kappa shape index (κ3) is 6.29. The van der Waals surface area contributed by atoms with E-state index in [9.17, 15) is 0 Å². The van der Waals surface area contributed by atoms with Crippen molar-refractivity contribution in [2.24, 2.45) is 10.9 Å². The summed E-state index contributed by atoms with van der Waals surface area (Å²) in [6.07, 6.45) is 4.98. The molecule has 0 bridgehead atoms. The first-order valence-electron chi connectivity index (χ1n) is 10.3. The van der Waals surface area contributed by atoms with Crippen molar-refractivity contribution in [3.8, 4) is 0 Å². The van der Waals surface area contributed by atoms with Crippen LogP contribution in [-0.4, -0.2) is 87.1 Å². The Balaban J connectivity index is 1.44. The van der Waals surface area contributed by atoms with E-state index in [1.807, 2.05) is 0 Å². The van der Waals surface area contributed by atoms with Crippen LogP contribution >= 0.6 is 11.8 Å². The number of hydrogen-bond donors (Lipinski definition) is 2. The van der Waals surface area contributed by atoms with Crippen molar-refractivity contribution in [2.45, 2.75) is 38.1 Å². The number of rotatable bonds is 10. The van der Waals surface area contributed by atoms with Crippen LogP contribution in [0.1, 0.15) is 32.6 Å². The molecule has 1 saturated carbocycles. The summed E-state index contributed by atoms with van der Waals surface area (Å²) in [4.78, 5) is 7.58. The van der Waals surface area contributed by atoms with Gasteiger partial charge in [0.05, 0.1) is 25.3 Å². The second kappa shape index (κ2) is 10.7. The maximum atomic E-state index is 5.71. The molecule has 2 aliphatic heterocycles. The summed E-state index contributed by atoms with van der Waals surface area (Å²) in [5, 5.41) is 6.87. The van der Waals surface area contributed by atoms with Crippen molar-refractivity contribution in [3.05, 3.63) is 0 Å². The molecule has 150 valence electrons. The highest BCUT2D eigenvalue weighted by Gasteiger charge is 2.40. The Morgan fingerprint density at radius 3 is 2.85 bits per heavy atom. The molecule has 1 atom stereocenters. The predicted octanol–water partition coefficient (Wildman–Crippen LogP) is 1.57. The zero-order valence-corrected chi connectivity index (χ0v) is 17.1. The Morgan fingerprint density at radius 2 is 2.15 bits per heavy atom. The van der Waals surface area contributed by atoms with Gasteiger partial charge in [-0.1, -0.05) is 0 Å². The van der Waals surface area contributed by atoms with Crippen LogP contribution in [0, 0.1) is 5.92 Å². The summed E-state index contributed by atoms with van der Waals surface area (Å²) in [6.45, 7) is 10.4. The van der Waals surface area contributed by atoms with E-state index >= 15 is 0 Å². The highest BCUT2D eigenvalue weighted by molar-refractivity contribution is 7.99. The number of thioether (sulfide) groups is 1. The van der Waals surface area contributed by atoms with E-state index in [-0.39, 0.29) is 5.54 Å². The van der Waals surface area contributed by atoms with Crippen molar-refractivity contribution in [1.82, 2.24) is 15.5 Å². The summed E-state index contributed by atoms with van der Waals surface area (Å²) in [7, 11) is 0. The molecule has 3 aliphatic rings. The van der Waals surface area contributed by atoms with Gasteiger partial charge in [0.2, 0.25) is 0 Å². The van der Waals surface area contributed by atoms with Crippen LogP contribution in [0.3, 0.4) is 0 Å². The summed E-state index contributed by atoms with van der Waals surface area (Å²) < 4.78 is 11.3. The predicted molar refractivity (Wildman–Crippen MR) is 109 cm³/mol. The number of hydrogen-bond acceptors (Lipinski definition) is 5. The molecule has 2 N–H and O–H groups in total. The number of ether oxygens (including phenoxy) is 2. The summed E-state index contributed by atoms with van der Waals surface area (Å²) in [5.74, 6) is 4.22. The van der Waals surface area contributed by atoms with Crippen LogP contribution in [0.4, 0.5) is 0 Å². The SMILES string of the molecule is CCNC(=NCC1(N2CCOCC2)CCSC1)NCCCOCC1CC1. The van der Waals surface area contributed by atoms with Crippen molar-refractivity contribution in [3.63, 3.8) is 0 Å². The second-order valence-corrected chi connectivity index (χ2v) is 8.73. The summed E-state index contributed by atoms with van der Waals surface area (Å²) in [6, 6.07) is 0. The lowest BCUT2D eigenvalue weighted by atomic mass is 9.96. The van der Waals surface area contributed by atoms with Crippen LogP contribution in [0.5, 0.6) is 0 Å². The molecule has 0 aromatic carbocycles. The minimum atomic E-state index is 0.212. The fourth-order valence-electron chi connectivity index (χ4n) is 3.59. The zero-order chi connectivity index (χ0) is 18.1. The molecule has 0 aromatic heterocycles. The quantitative estimate of drug-likeness (QED) is 0.339. The Labute approximate surface area is 162 Å². The maximum Gasteiger partial charge on any atom is 0.191 e. The number of nitrogens with zero attached hydrogens (tertiary/aromatic N) is 2. The van der Waals surface area contributed by atoms with Gasteiger partial charge >= 0.3 is 0 Å². The standard InChI is InChI=1S/C19H36N4O2S/c1-2-20-18(21-7-3-10-25-14-17-4-5-17)22-15-19(6-13-26-16-19)23-8-11-24-12-9-23/h17H,2-16H2,1H3,(H2,20,21,22). The minimum Gasteiger partial charge on any atom is -0.381 e. The second-order valence-electron chi connectivity index (χ2n) is 7.62. The van der Waals surface area contributed by atoms with Crippen LogP contribution < -0.4 is 10.6 Å². The molecule has 26 heavy (non-hydrogen) atoms. The number of aliphatic imine (C=N–C) groups is 1. The molecule has 3 rings (SSSR count). The van der Waals surface area contributed by atoms with Gasteiger partial charge in [-0.3, -0.25) is 9.89 Å². The molecule has 1 aliphatic carbocycles.